The highest BCUT2D eigenvalue weighted by Gasteiger charge is 2.59. The van der Waals surface area contributed by atoms with Crippen LogP contribution in [0.1, 0.15) is 44.5 Å². The quantitative estimate of drug-likeness (QED) is 0.177. The van der Waals surface area contributed by atoms with E-state index in [1.54, 1.807) is 0 Å². The number of hydrogen-bond acceptors (Lipinski definition) is 2. The minimum Gasteiger partial charge on any atom is -0.277 e. The van der Waals surface area contributed by atoms with E-state index >= 15 is 0 Å². The van der Waals surface area contributed by atoms with Gasteiger partial charge in [-0.15, -0.1) is 0 Å². The zero-order chi connectivity index (χ0) is 43.8. The predicted octanol–water partition coefficient (Wildman–Crippen LogP) is 15.1. The Kier molecular flexibility index (Phi) is 7.36. The fourth-order valence-electron chi connectivity index (χ4n) is 12.8. The van der Waals surface area contributed by atoms with Gasteiger partial charge in [0.2, 0.25) is 5.95 Å². The van der Waals surface area contributed by atoms with Crippen LogP contribution in [0.4, 0.5) is 0 Å². The molecule has 0 atom stereocenters. The highest BCUT2D eigenvalue weighted by atomic mass is 15.2. The van der Waals surface area contributed by atoms with Crippen LogP contribution in [0.2, 0.25) is 0 Å². The Bertz CT molecular complexity index is 3900. The van der Waals surface area contributed by atoms with E-state index in [9.17, 15) is 0 Å². The number of nitrogens with zero attached hydrogens (tertiary/aromatic N) is 3. The van der Waals surface area contributed by atoms with Crippen LogP contribution in [-0.4, -0.2) is 14.5 Å². The molecule has 12 aromatic rings. The third kappa shape index (κ3) is 4.65. The zero-order valence-electron chi connectivity index (χ0n) is 36.4. The Labute approximate surface area is 388 Å². The van der Waals surface area contributed by atoms with E-state index in [1.807, 2.05) is 0 Å². The first-order valence-electron chi connectivity index (χ1n) is 23.2. The van der Waals surface area contributed by atoms with Gasteiger partial charge in [-0.05, 0) is 90.3 Å². The molecular weight excluding hydrogens is 811 g/mol. The first kappa shape index (κ1) is 36.7. The maximum atomic E-state index is 5.53. The van der Waals surface area contributed by atoms with E-state index in [0.29, 0.717) is 5.95 Å². The summed E-state index contributed by atoms with van der Waals surface area (Å²) in [5.41, 5.74) is 20.5. The molecule has 0 saturated carbocycles. The van der Waals surface area contributed by atoms with Crippen LogP contribution in [0.15, 0.2) is 237 Å². The van der Waals surface area contributed by atoms with Crippen LogP contribution in [0.25, 0.3) is 83.3 Å². The SMILES string of the molecule is c1ccc(-c2cc(-c3ccccc3)nc(-n3c4cc5c(cc4c4ccc6ccccc6c43)-c3ccccc3C53c4ccccc4C4(c5ccccc5-c5ccccc54)c4ccccc43)n2)cc1. The molecule has 0 radical (unpaired) electrons. The highest BCUT2D eigenvalue weighted by molar-refractivity contribution is 6.20. The summed E-state index contributed by atoms with van der Waals surface area (Å²) in [5.74, 6) is 0.642. The van der Waals surface area contributed by atoms with E-state index in [-0.39, 0.29) is 0 Å². The van der Waals surface area contributed by atoms with Crippen molar-refractivity contribution in [1.82, 2.24) is 14.5 Å². The lowest BCUT2D eigenvalue weighted by molar-refractivity contribution is 0.633. The molecular formula is C64H39N3. The molecule has 3 aliphatic carbocycles. The topological polar surface area (TPSA) is 30.7 Å². The van der Waals surface area contributed by atoms with Gasteiger partial charge in [0.15, 0.2) is 0 Å². The van der Waals surface area contributed by atoms with Crippen molar-refractivity contribution in [3.8, 4) is 50.7 Å². The van der Waals surface area contributed by atoms with Crippen molar-refractivity contribution in [2.75, 3.05) is 0 Å². The Balaban J connectivity index is 1.10. The van der Waals surface area contributed by atoms with Gasteiger partial charge in [0, 0.05) is 27.3 Å². The largest absolute Gasteiger partial charge is 0.277 e. The molecule has 0 bridgehead atoms. The summed E-state index contributed by atoms with van der Waals surface area (Å²) in [4.78, 5) is 11.1. The molecule has 0 N–H and O–H groups in total. The number of rotatable bonds is 3. The van der Waals surface area contributed by atoms with Crippen molar-refractivity contribution in [1.29, 1.82) is 0 Å². The fraction of sp³-hybridized carbons (Fsp3) is 0.0312. The summed E-state index contributed by atoms with van der Waals surface area (Å²) in [5, 5.41) is 4.69. The van der Waals surface area contributed by atoms with Crippen LogP contribution in [0, 0.1) is 0 Å². The van der Waals surface area contributed by atoms with E-state index in [1.165, 1.54) is 82.9 Å². The Morgan fingerprint density at radius 1 is 0.299 bits per heavy atom. The molecule has 15 rings (SSSR count). The molecule has 67 heavy (non-hydrogen) atoms. The summed E-state index contributed by atoms with van der Waals surface area (Å²) in [6.07, 6.45) is 0. The van der Waals surface area contributed by atoms with Crippen molar-refractivity contribution in [3.63, 3.8) is 0 Å². The van der Waals surface area contributed by atoms with Crippen LogP contribution in [-0.2, 0) is 10.8 Å². The minimum absolute atomic E-state index is 0.513. The zero-order valence-corrected chi connectivity index (χ0v) is 36.4. The van der Waals surface area contributed by atoms with Crippen molar-refractivity contribution >= 4 is 32.6 Å². The maximum absolute atomic E-state index is 5.53. The summed E-state index contributed by atoms with van der Waals surface area (Å²) >= 11 is 0. The lowest BCUT2D eigenvalue weighted by Crippen LogP contribution is -2.43. The first-order valence-corrected chi connectivity index (χ1v) is 23.2. The van der Waals surface area contributed by atoms with Gasteiger partial charge in [-0.3, -0.25) is 4.57 Å². The van der Waals surface area contributed by atoms with Gasteiger partial charge in [0.1, 0.15) is 0 Å². The predicted molar refractivity (Wildman–Crippen MR) is 273 cm³/mol. The standard InChI is InChI=1S/C64H39N3/c1-3-20-41(21-4-1)58-39-59(42-22-5-2-6-23-42)66-62(65-58)67-60-38-57-48(37-49(60)47-36-35-40-19-7-8-24-43(40)61(47)67)46-27-11-14-30-52(46)64(57)55-33-17-15-31-53(55)63(54-32-16-18-34-56(54)64)50-28-12-9-25-44(50)45-26-10-13-29-51(45)63/h1-39H. The maximum Gasteiger partial charge on any atom is 0.235 e. The summed E-state index contributed by atoms with van der Waals surface area (Å²) < 4.78 is 2.37. The van der Waals surface area contributed by atoms with Crippen molar-refractivity contribution in [3.05, 3.63) is 281 Å². The minimum atomic E-state index is -0.643. The van der Waals surface area contributed by atoms with E-state index in [0.717, 1.165) is 38.9 Å². The number of fused-ring (bicyclic) bond motifs is 21. The van der Waals surface area contributed by atoms with Gasteiger partial charge in [-0.25, -0.2) is 9.97 Å². The smallest absolute Gasteiger partial charge is 0.235 e. The molecule has 0 fully saturated rings. The van der Waals surface area contributed by atoms with E-state index in [4.69, 9.17) is 9.97 Å². The molecule has 10 aromatic carbocycles. The lowest BCUT2D eigenvalue weighted by atomic mass is 9.52. The van der Waals surface area contributed by atoms with Crippen molar-refractivity contribution in [2.24, 2.45) is 0 Å². The van der Waals surface area contributed by atoms with Crippen LogP contribution in [0.5, 0.6) is 0 Å². The number of aromatic nitrogens is 3. The van der Waals surface area contributed by atoms with Crippen molar-refractivity contribution in [2.45, 2.75) is 10.8 Å². The molecule has 3 heteroatoms. The highest BCUT2D eigenvalue weighted by Crippen LogP contribution is 2.67. The monoisotopic (exact) mass is 849 g/mol. The van der Waals surface area contributed by atoms with Crippen LogP contribution in [0.3, 0.4) is 0 Å². The molecule has 0 aliphatic heterocycles. The average Bonchev–Trinajstić information content (AvgIpc) is 4.00. The summed E-state index contributed by atoms with van der Waals surface area (Å²) in [6.45, 7) is 0. The molecule has 310 valence electrons. The van der Waals surface area contributed by atoms with Gasteiger partial charge in [0.05, 0.1) is 33.3 Å². The molecule has 0 saturated heterocycles. The van der Waals surface area contributed by atoms with Crippen LogP contribution >= 0.6 is 0 Å². The van der Waals surface area contributed by atoms with Gasteiger partial charge in [-0.2, -0.15) is 0 Å². The molecule has 2 heterocycles. The summed E-state index contributed by atoms with van der Waals surface area (Å²) in [7, 11) is 0. The van der Waals surface area contributed by atoms with Gasteiger partial charge in [0.25, 0.3) is 0 Å². The third-order valence-electron chi connectivity index (χ3n) is 15.3. The number of benzene rings is 10. The molecule has 0 unspecified atom stereocenters. The second kappa shape index (κ2) is 13.4. The molecule has 2 spiro atoms. The van der Waals surface area contributed by atoms with Crippen LogP contribution < -0.4 is 0 Å². The van der Waals surface area contributed by atoms with Gasteiger partial charge in [-0.1, -0.05) is 218 Å². The van der Waals surface area contributed by atoms with E-state index in [2.05, 4.69) is 241 Å². The Morgan fingerprint density at radius 3 is 1.27 bits per heavy atom. The van der Waals surface area contributed by atoms with E-state index < -0.39 is 10.8 Å². The fourth-order valence-corrected chi connectivity index (χ4v) is 12.8. The third-order valence-corrected chi connectivity index (χ3v) is 15.3. The lowest BCUT2D eigenvalue weighted by Gasteiger charge is -2.48. The van der Waals surface area contributed by atoms with Gasteiger partial charge < -0.3 is 0 Å². The Hall–Kier alpha value is -8.66. The average molecular weight is 850 g/mol. The second-order valence-electron chi connectivity index (χ2n) is 18.3. The molecule has 0 amide bonds. The molecule has 3 nitrogen and oxygen atoms in total. The molecule has 2 aromatic heterocycles. The Morgan fingerprint density at radius 2 is 0.731 bits per heavy atom. The molecule has 3 aliphatic rings. The first-order chi connectivity index (χ1) is 33.2. The normalized spacial score (nSPS) is 14.2. The van der Waals surface area contributed by atoms with Crippen molar-refractivity contribution < 1.29 is 0 Å². The second-order valence-corrected chi connectivity index (χ2v) is 18.3. The number of hydrogen-bond donors (Lipinski definition) is 0. The summed E-state index contributed by atoms with van der Waals surface area (Å²) in [6, 6.07) is 87.6. The van der Waals surface area contributed by atoms with Gasteiger partial charge >= 0.3 is 0 Å².